The van der Waals surface area contributed by atoms with Crippen molar-refractivity contribution in [2.45, 2.75) is 12.8 Å². The fraction of sp³-hybridized carbons (Fsp3) is 0.600. The van der Waals surface area contributed by atoms with Gasteiger partial charge in [-0.25, -0.2) is 0 Å². The van der Waals surface area contributed by atoms with Crippen molar-refractivity contribution >= 4 is 20.7 Å². The molecule has 1 heterocycles. The molecule has 1 saturated heterocycles. The second-order valence-corrected chi connectivity index (χ2v) is 6.31. The van der Waals surface area contributed by atoms with Gasteiger partial charge in [-0.05, 0) is 12.1 Å². The summed E-state index contributed by atoms with van der Waals surface area (Å²) in [7, 11) is 1.74. The van der Waals surface area contributed by atoms with Gasteiger partial charge in [0.1, 0.15) is 0 Å². The van der Waals surface area contributed by atoms with Gasteiger partial charge in [0.15, 0.2) is 0 Å². The van der Waals surface area contributed by atoms with Crippen LogP contribution >= 0.6 is 0 Å². The normalized spacial score (nSPS) is 21.2. The molecule has 0 radical (unpaired) electrons. The molecule has 6 nitrogen and oxygen atoms in total. The van der Waals surface area contributed by atoms with Crippen LogP contribution in [0.3, 0.4) is 0 Å². The van der Waals surface area contributed by atoms with Crippen molar-refractivity contribution in [2.75, 3.05) is 21.3 Å². The van der Waals surface area contributed by atoms with Crippen molar-refractivity contribution in [3.05, 3.63) is 11.8 Å². The third-order valence-electron chi connectivity index (χ3n) is 2.56. The maximum atomic E-state index is 11.2. The van der Waals surface area contributed by atoms with Crippen molar-refractivity contribution in [1.82, 2.24) is 0 Å². The van der Waals surface area contributed by atoms with Gasteiger partial charge in [-0.3, -0.25) is 9.59 Å². The zero-order valence-electron chi connectivity index (χ0n) is 10.1. The molecule has 0 spiro atoms. The van der Waals surface area contributed by atoms with Gasteiger partial charge in [0.2, 0.25) is 0 Å². The molecule has 17 heavy (non-hydrogen) atoms. The van der Waals surface area contributed by atoms with Crippen LogP contribution in [0.2, 0.25) is 0 Å². The summed E-state index contributed by atoms with van der Waals surface area (Å²) in [6, 6.07) is 0. The fourth-order valence-corrected chi connectivity index (χ4v) is 2.87. The zero-order chi connectivity index (χ0) is 12.9. The molecule has 0 aliphatic carbocycles. The summed E-state index contributed by atoms with van der Waals surface area (Å²) in [5.41, 5.74) is 1.68. The lowest BCUT2D eigenvalue weighted by Crippen LogP contribution is -2.40. The summed E-state index contributed by atoms with van der Waals surface area (Å²) in [5.74, 6) is -1.35. The van der Waals surface area contributed by atoms with Crippen molar-refractivity contribution < 1.29 is 27.6 Å². The molecule has 0 aromatic carbocycles. The molecule has 0 aromatic rings. The molecular weight excluding hydrogens is 244 g/mol. The van der Waals surface area contributed by atoms with E-state index in [0.29, 0.717) is 6.42 Å². The van der Waals surface area contributed by atoms with Crippen LogP contribution in [0.5, 0.6) is 0 Å². The number of ether oxygens (including phenoxy) is 1. The number of carbonyl (C=O) groups excluding carboxylic acids is 2. The Balaban J connectivity index is 2.54. The number of esters is 2. The first-order valence-corrected chi connectivity index (χ1v) is 6.94. The molecule has 1 atom stereocenters. The Morgan fingerprint density at radius 1 is 1.29 bits per heavy atom. The monoisotopic (exact) mass is 260 g/mol. The Morgan fingerprint density at radius 2 is 1.88 bits per heavy atom. The number of carbonyl (C=O) groups is 2. The van der Waals surface area contributed by atoms with E-state index >= 15 is 0 Å². The van der Waals surface area contributed by atoms with E-state index in [1.807, 2.05) is 0 Å². The first-order valence-electron chi connectivity index (χ1n) is 5.14. The molecule has 0 saturated carbocycles. The van der Waals surface area contributed by atoms with E-state index in [1.165, 1.54) is 21.3 Å². The van der Waals surface area contributed by atoms with Crippen molar-refractivity contribution in [1.29, 1.82) is 0 Å². The lowest BCUT2D eigenvalue weighted by atomic mass is 10.0. The molecule has 1 aliphatic heterocycles. The van der Waals surface area contributed by atoms with Gasteiger partial charge in [-0.15, -0.1) is 0 Å². The zero-order valence-corrected chi connectivity index (χ0v) is 11.1. The molecule has 1 unspecified atom stereocenters. The highest BCUT2D eigenvalue weighted by Gasteiger charge is 2.36. The standard InChI is InChI=1S/C10H16O6Si/c1-13-17(14-2,15-3)6-4-5-8-7-9(11)16-10(8)12/h4,6,8H,5,7H2,1-3H3. The van der Waals surface area contributed by atoms with Crippen LogP contribution in [0, 0.1) is 5.92 Å². The summed E-state index contributed by atoms with van der Waals surface area (Å²) < 4.78 is 20.0. The summed E-state index contributed by atoms with van der Waals surface area (Å²) in [4.78, 5) is 22.0. The highest BCUT2D eigenvalue weighted by atomic mass is 28.4. The van der Waals surface area contributed by atoms with Crippen LogP contribution in [-0.2, 0) is 27.6 Å². The minimum atomic E-state index is -2.75. The average molecular weight is 260 g/mol. The molecule has 0 N–H and O–H groups in total. The summed E-state index contributed by atoms with van der Waals surface area (Å²) in [6.07, 6.45) is 2.27. The minimum Gasteiger partial charge on any atom is -0.393 e. The van der Waals surface area contributed by atoms with E-state index in [4.69, 9.17) is 13.3 Å². The molecule has 1 fully saturated rings. The van der Waals surface area contributed by atoms with E-state index in [9.17, 15) is 9.59 Å². The van der Waals surface area contributed by atoms with E-state index in [0.717, 1.165) is 0 Å². The van der Waals surface area contributed by atoms with E-state index < -0.39 is 26.7 Å². The summed E-state index contributed by atoms with van der Waals surface area (Å²) >= 11 is 0. The highest BCUT2D eigenvalue weighted by molar-refractivity contribution is 6.66. The molecule has 1 aliphatic rings. The van der Waals surface area contributed by atoms with E-state index in [1.54, 1.807) is 11.8 Å². The average Bonchev–Trinajstić information content (AvgIpc) is 2.64. The van der Waals surface area contributed by atoms with Gasteiger partial charge < -0.3 is 18.0 Å². The number of rotatable bonds is 6. The maximum absolute atomic E-state index is 11.2. The predicted octanol–water partition coefficient (Wildman–Crippen LogP) is 0.440. The number of allylic oxidation sites excluding steroid dienone is 1. The number of hydrogen-bond donors (Lipinski definition) is 0. The van der Waals surface area contributed by atoms with Crippen molar-refractivity contribution in [3.63, 3.8) is 0 Å². The number of cyclic esters (lactones) is 2. The summed E-state index contributed by atoms with van der Waals surface area (Å²) in [6.45, 7) is 0. The van der Waals surface area contributed by atoms with Crippen molar-refractivity contribution in [2.24, 2.45) is 5.92 Å². The second-order valence-electron chi connectivity index (χ2n) is 3.55. The van der Waals surface area contributed by atoms with Crippen LogP contribution in [-0.4, -0.2) is 42.1 Å². The maximum Gasteiger partial charge on any atom is 0.528 e. The first kappa shape index (κ1) is 14.0. The lowest BCUT2D eigenvalue weighted by molar-refractivity contribution is -0.153. The molecule has 1 rings (SSSR count). The van der Waals surface area contributed by atoms with E-state index in [2.05, 4.69) is 4.74 Å². The molecule has 96 valence electrons. The topological polar surface area (TPSA) is 71.1 Å². The largest absolute Gasteiger partial charge is 0.528 e. The van der Waals surface area contributed by atoms with Gasteiger partial charge in [0.25, 0.3) is 0 Å². The van der Waals surface area contributed by atoms with Gasteiger partial charge in [-0.2, -0.15) is 0 Å². The predicted molar refractivity (Wildman–Crippen MR) is 59.7 cm³/mol. The SMILES string of the molecule is CO[Si](C=CCC1CC(=O)OC1=O)(OC)OC. The van der Waals surface area contributed by atoms with Crippen molar-refractivity contribution in [3.8, 4) is 0 Å². The molecule has 0 bridgehead atoms. The molecular formula is C10H16O6Si. The Hall–Kier alpha value is -1.02. The van der Waals surface area contributed by atoms with Gasteiger partial charge in [0, 0.05) is 21.3 Å². The lowest BCUT2D eigenvalue weighted by Gasteiger charge is -2.20. The number of hydrogen-bond acceptors (Lipinski definition) is 6. The van der Waals surface area contributed by atoms with Crippen LogP contribution in [0.25, 0.3) is 0 Å². The van der Waals surface area contributed by atoms with Crippen LogP contribution < -0.4 is 0 Å². The van der Waals surface area contributed by atoms with E-state index in [-0.39, 0.29) is 6.42 Å². The quantitative estimate of drug-likeness (QED) is 0.392. The Morgan fingerprint density at radius 3 is 2.29 bits per heavy atom. The van der Waals surface area contributed by atoms with Gasteiger partial charge in [0.05, 0.1) is 12.3 Å². The smallest absolute Gasteiger partial charge is 0.393 e. The van der Waals surface area contributed by atoms with Gasteiger partial charge in [-0.1, -0.05) is 6.08 Å². The molecule has 7 heteroatoms. The highest BCUT2D eigenvalue weighted by Crippen LogP contribution is 2.20. The fourth-order valence-electron chi connectivity index (χ4n) is 1.53. The molecule has 0 amide bonds. The van der Waals surface area contributed by atoms with Crippen LogP contribution in [0.1, 0.15) is 12.8 Å². The Labute approximate surface area is 101 Å². The Kier molecular flexibility index (Phi) is 5.00. The van der Waals surface area contributed by atoms with Crippen LogP contribution in [0.15, 0.2) is 11.8 Å². The second kappa shape index (κ2) is 6.06. The minimum absolute atomic E-state index is 0.130. The molecule has 0 aromatic heterocycles. The van der Waals surface area contributed by atoms with Gasteiger partial charge >= 0.3 is 20.7 Å². The van der Waals surface area contributed by atoms with Crippen LogP contribution in [0.4, 0.5) is 0 Å². The first-order chi connectivity index (χ1) is 8.06. The third kappa shape index (κ3) is 3.47. The third-order valence-corrected chi connectivity index (χ3v) is 4.91. The Bertz CT molecular complexity index is 314. The summed E-state index contributed by atoms with van der Waals surface area (Å²) in [5, 5.41) is 0.